The molecule has 3 nitrogen and oxygen atoms in total. The lowest BCUT2D eigenvalue weighted by atomic mass is 10.3. The molecule has 1 N–H and O–H groups in total. The fourth-order valence-corrected chi connectivity index (χ4v) is 2.38. The Hall–Kier alpha value is -1.42. The van der Waals surface area contributed by atoms with Crippen molar-refractivity contribution in [3.05, 3.63) is 42.2 Å². The highest BCUT2D eigenvalue weighted by Crippen LogP contribution is 2.24. The van der Waals surface area contributed by atoms with Crippen LogP contribution in [0.3, 0.4) is 0 Å². The van der Waals surface area contributed by atoms with Crippen LogP contribution in [-0.2, 0) is 5.75 Å². The topological polar surface area (TPSA) is 38.0 Å². The Morgan fingerprint density at radius 2 is 2.00 bits per heavy atom. The molecular weight excluding hydrogens is 244 g/mol. The van der Waals surface area contributed by atoms with E-state index in [4.69, 9.17) is 0 Å². The minimum atomic E-state index is 0.306. The number of phenols is 1. The Morgan fingerprint density at radius 1 is 1.28 bits per heavy atom. The molecule has 0 saturated carbocycles. The molecule has 0 aliphatic carbocycles. The van der Waals surface area contributed by atoms with Gasteiger partial charge in [0.05, 0.1) is 5.69 Å². The monoisotopic (exact) mass is 262 g/mol. The molecule has 1 aromatic carbocycles. The summed E-state index contributed by atoms with van der Waals surface area (Å²) in [6.45, 7) is 4.33. The van der Waals surface area contributed by atoms with Gasteiger partial charge in [0.1, 0.15) is 5.75 Å². The molecule has 0 bridgehead atoms. The fourth-order valence-electron chi connectivity index (χ4n) is 1.59. The predicted molar refractivity (Wildman–Crippen MR) is 74.9 cm³/mol. The first kappa shape index (κ1) is 13.0. The molecule has 1 unspecified atom stereocenters. The van der Waals surface area contributed by atoms with Gasteiger partial charge in [-0.2, -0.15) is 5.10 Å². The molecule has 0 saturated heterocycles. The van der Waals surface area contributed by atoms with Gasteiger partial charge in [-0.15, -0.1) is 11.8 Å². The molecule has 18 heavy (non-hydrogen) atoms. The van der Waals surface area contributed by atoms with Gasteiger partial charge in [-0.1, -0.05) is 6.92 Å². The third-order valence-corrected chi connectivity index (χ3v) is 3.98. The second-order valence-electron chi connectivity index (χ2n) is 4.33. The fraction of sp³-hybridized carbons (Fsp3) is 0.357. The van der Waals surface area contributed by atoms with Crippen molar-refractivity contribution < 1.29 is 5.11 Å². The highest BCUT2D eigenvalue weighted by atomic mass is 32.2. The second kappa shape index (κ2) is 5.96. The van der Waals surface area contributed by atoms with Gasteiger partial charge >= 0.3 is 0 Å². The number of aromatic hydroxyl groups is 1. The van der Waals surface area contributed by atoms with Crippen LogP contribution in [0.25, 0.3) is 0 Å². The minimum Gasteiger partial charge on any atom is -0.508 e. The van der Waals surface area contributed by atoms with E-state index in [0.29, 0.717) is 11.8 Å². The maximum Gasteiger partial charge on any atom is 0.115 e. The summed E-state index contributed by atoms with van der Waals surface area (Å²) in [7, 11) is 0. The van der Waals surface area contributed by atoms with Gasteiger partial charge in [-0.25, -0.2) is 0 Å². The number of phenolic OH excluding ortho intramolecular Hbond substituents is 1. The van der Waals surface area contributed by atoms with Crippen LogP contribution in [0.5, 0.6) is 5.75 Å². The summed E-state index contributed by atoms with van der Waals surface area (Å²) in [5.41, 5.74) is 1.09. The molecule has 0 amide bonds. The van der Waals surface area contributed by atoms with E-state index in [-0.39, 0.29) is 0 Å². The number of benzene rings is 1. The third-order valence-electron chi connectivity index (χ3n) is 2.93. The quantitative estimate of drug-likeness (QED) is 0.832. The Morgan fingerprint density at radius 3 is 2.67 bits per heavy atom. The average Bonchev–Trinajstić information content (AvgIpc) is 2.86. The summed E-state index contributed by atoms with van der Waals surface area (Å²) < 4.78 is 2.02. The lowest BCUT2D eigenvalue weighted by molar-refractivity contribution is 0.475. The molecule has 2 rings (SSSR count). The van der Waals surface area contributed by atoms with Crippen LogP contribution in [0.2, 0.25) is 0 Å². The molecule has 4 heteroatoms. The van der Waals surface area contributed by atoms with Gasteiger partial charge in [0.15, 0.2) is 0 Å². The maximum atomic E-state index is 9.21. The van der Waals surface area contributed by atoms with Gasteiger partial charge in [-0.3, -0.25) is 4.68 Å². The highest BCUT2D eigenvalue weighted by molar-refractivity contribution is 7.98. The van der Waals surface area contributed by atoms with Crippen molar-refractivity contribution in [1.29, 1.82) is 0 Å². The van der Waals surface area contributed by atoms with Crippen LogP contribution in [0, 0.1) is 0 Å². The van der Waals surface area contributed by atoms with E-state index in [1.807, 2.05) is 23.0 Å². The SMILES string of the molecule is CCC(C)n1ccc(CSc2ccc(O)cc2)n1. The normalized spacial score (nSPS) is 12.6. The zero-order valence-electron chi connectivity index (χ0n) is 10.7. The smallest absolute Gasteiger partial charge is 0.115 e. The first-order valence-corrected chi connectivity index (χ1v) is 7.13. The third kappa shape index (κ3) is 3.29. The molecule has 0 fully saturated rings. The van der Waals surface area contributed by atoms with Crippen LogP contribution in [0.15, 0.2) is 41.4 Å². The summed E-state index contributed by atoms with van der Waals surface area (Å²) in [6, 6.07) is 9.79. The molecule has 96 valence electrons. The lowest BCUT2D eigenvalue weighted by Gasteiger charge is -2.08. The Balaban J connectivity index is 1.94. The van der Waals surface area contributed by atoms with Crippen molar-refractivity contribution in [2.75, 3.05) is 0 Å². The van der Waals surface area contributed by atoms with Crippen LogP contribution in [-0.4, -0.2) is 14.9 Å². The van der Waals surface area contributed by atoms with Crippen LogP contribution in [0.4, 0.5) is 0 Å². The summed E-state index contributed by atoms with van der Waals surface area (Å²) in [5, 5.41) is 13.8. The van der Waals surface area contributed by atoms with Gasteiger partial charge in [0.25, 0.3) is 0 Å². The van der Waals surface area contributed by atoms with Crippen molar-refractivity contribution in [2.45, 2.75) is 37.0 Å². The van der Waals surface area contributed by atoms with Crippen LogP contribution < -0.4 is 0 Å². The summed E-state index contributed by atoms with van der Waals surface area (Å²) in [5.74, 6) is 1.16. The predicted octanol–water partition coefficient (Wildman–Crippen LogP) is 3.85. The summed E-state index contributed by atoms with van der Waals surface area (Å²) in [4.78, 5) is 1.14. The van der Waals surface area contributed by atoms with Gasteiger partial charge in [0, 0.05) is 22.9 Å². The van der Waals surface area contributed by atoms with Crippen molar-refractivity contribution in [3.63, 3.8) is 0 Å². The van der Waals surface area contributed by atoms with E-state index < -0.39 is 0 Å². The number of aromatic nitrogens is 2. The van der Waals surface area contributed by atoms with Crippen LogP contribution >= 0.6 is 11.8 Å². The van der Waals surface area contributed by atoms with E-state index >= 15 is 0 Å². The molecule has 2 aromatic rings. The highest BCUT2D eigenvalue weighted by Gasteiger charge is 2.05. The van der Waals surface area contributed by atoms with E-state index in [2.05, 4.69) is 25.0 Å². The number of nitrogens with zero attached hydrogens (tertiary/aromatic N) is 2. The van der Waals surface area contributed by atoms with Crippen molar-refractivity contribution in [1.82, 2.24) is 9.78 Å². The van der Waals surface area contributed by atoms with E-state index in [0.717, 1.165) is 22.8 Å². The molecule has 0 spiro atoms. The summed E-state index contributed by atoms with van der Waals surface area (Å²) in [6.07, 6.45) is 3.13. The molecule has 0 aliphatic heterocycles. The first-order valence-electron chi connectivity index (χ1n) is 6.15. The lowest BCUT2D eigenvalue weighted by Crippen LogP contribution is -2.04. The molecule has 0 radical (unpaired) electrons. The molecule has 1 aromatic heterocycles. The standard InChI is InChI=1S/C14H18N2OS/c1-3-11(2)16-9-8-12(15-16)10-18-14-6-4-13(17)5-7-14/h4-9,11,17H,3,10H2,1-2H3. The zero-order valence-corrected chi connectivity index (χ0v) is 11.5. The second-order valence-corrected chi connectivity index (χ2v) is 5.38. The molecule has 1 heterocycles. The largest absolute Gasteiger partial charge is 0.508 e. The van der Waals surface area contributed by atoms with Gasteiger partial charge in [-0.05, 0) is 43.7 Å². The van der Waals surface area contributed by atoms with Crippen molar-refractivity contribution in [3.8, 4) is 5.75 Å². The number of hydrogen-bond acceptors (Lipinski definition) is 3. The number of rotatable bonds is 5. The van der Waals surface area contributed by atoms with E-state index in [9.17, 15) is 5.11 Å². The molecular formula is C14H18N2OS. The van der Waals surface area contributed by atoms with E-state index in [1.165, 1.54) is 0 Å². The van der Waals surface area contributed by atoms with Gasteiger partial charge < -0.3 is 5.11 Å². The number of thioether (sulfide) groups is 1. The Kier molecular flexibility index (Phi) is 4.31. The van der Waals surface area contributed by atoms with E-state index in [1.54, 1.807) is 23.9 Å². The Labute approximate surface area is 112 Å². The minimum absolute atomic E-state index is 0.306. The molecule has 1 atom stereocenters. The van der Waals surface area contributed by atoms with Gasteiger partial charge in [0.2, 0.25) is 0 Å². The zero-order chi connectivity index (χ0) is 13.0. The Bertz CT molecular complexity index is 493. The van der Waals surface area contributed by atoms with Crippen LogP contribution in [0.1, 0.15) is 32.0 Å². The first-order chi connectivity index (χ1) is 8.69. The molecule has 0 aliphatic rings. The average molecular weight is 262 g/mol. The maximum absolute atomic E-state index is 9.21. The van der Waals surface area contributed by atoms with Crippen molar-refractivity contribution >= 4 is 11.8 Å². The van der Waals surface area contributed by atoms with Crippen molar-refractivity contribution in [2.24, 2.45) is 0 Å². The number of hydrogen-bond donors (Lipinski definition) is 1. The summed E-state index contributed by atoms with van der Waals surface area (Å²) >= 11 is 1.73.